The van der Waals surface area contributed by atoms with E-state index in [9.17, 15) is 4.79 Å². The average Bonchev–Trinajstić information content (AvgIpc) is 2.48. The van der Waals surface area contributed by atoms with E-state index in [1.54, 1.807) is 12.1 Å². The molecule has 29 heavy (non-hydrogen) atoms. The lowest BCUT2D eigenvalue weighted by molar-refractivity contribution is -0.133. The van der Waals surface area contributed by atoms with Gasteiger partial charge in [-0.25, -0.2) is 0 Å². The molecule has 1 rings (SSSR count). The van der Waals surface area contributed by atoms with Crippen LogP contribution in [0.4, 0.5) is 0 Å². The highest BCUT2D eigenvalue weighted by Gasteiger charge is 2.37. The van der Waals surface area contributed by atoms with Gasteiger partial charge in [0.1, 0.15) is 5.75 Å². The number of benzene rings is 1. The molecule has 0 aliphatic heterocycles. The third kappa shape index (κ3) is 11.7. The first kappa shape index (κ1) is 27.7. The van der Waals surface area contributed by atoms with Gasteiger partial charge in [0.15, 0.2) is 16.6 Å². The third-order valence-electron chi connectivity index (χ3n) is 3.66. The first-order chi connectivity index (χ1) is 13.1. The molecule has 166 valence electrons. The molecule has 1 aromatic rings. The molecule has 1 N–H and O–H groups in total. The van der Waals surface area contributed by atoms with Crippen LogP contribution in [0.1, 0.15) is 6.42 Å². The van der Waals surface area contributed by atoms with Gasteiger partial charge in [0.2, 0.25) is 0 Å². The molecule has 5 nitrogen and oxygen atoms in total. The monoisotopic (exact) mass is 647 g/mol. The lowest BCUT2D eigenvalue weighted by Crippen LogP contribution is -2.51. The maximum atomic E-state index is 12.1. The summed E-state index contributed by atoms with van der Waals surface area (Å²) in [5.74, 6) is 0.186. The Morgan fingerprint density at radius 1 is 0.966 bits per heavy atom. The van der Waals surface area contributed by atoms with Crippen LogP contribution < -0.4 is 10.1 Å². The van der Waals surface area contributed by atoms with Crippen LogP contribution in [0.2, 0.25) is 51.9 Å². The van der Waals surface area contributed by atoms with Crippen LogP contribution in [0.3, 0.4) is 0 Å². The molecule has 0 aliphatic rings. The first-order valence-electron chi connectivity index (χ1n) is 9.56. The highest BCUT2D eigenvalue weighted by Crippen LogP contribution is 2.35. The van der Waals surface area contributed by atoms with Gasteiger partial charge in [-0.1, -0.05) is 0 Å². The molecule has 0 aliphatic carbocycles. The summed E-state index contributed by atoms with van der Waals surface area (Å²) < 4.78 is 20.7. The molecule has 1 aromatic carbocycles. The zero-order valence-electron chi connectivity index (χ0n) is 18.3. The van der Waals surface area contributed by atoms with Crippen molar-refractivity contribution in [1.82, 2.24) is 5.32 Å². The fourth-order valence-corrected chi connectivity index (χ4v) is 17.6. The minimum absolute atomic E-state index is 0.174. The number of carbonyl (C=O) groups excluding carboxylic acids is 1. The van der Waals surface area contributed by atoms with Crippen LogP contribution in [0.25, 0.3) is 0 Å². The van der Waals surface area contributed by atoms with E-state index in [2.05, 4.69) is 98.9 Å². The van der Waals surface area contributed by atoms with E-state index >= 15 is 0 Å². The zero-order valence-corrected chi connectivity index (χ0v) is 26.0. The Morgan fingerprint density at radius 2 is 1.52 bits per heavy atom. The Balaban J connectivity index is 2.36. The summed E-state index contributed by atoms with van der Waals surface area (Å²) in [7, 11) is -5.51. The quantitative estimate of drug-likeness (QED) is 0.0959. The van der Waals surface area contributed by atoms with Crippen LogP contribution in [-0.4, -0.2) is 44.3 Å². The highest BCUT2D eigenvalue weighted by molar-refractivity contribution is 9.14. The van der Waals surface area contributed by atoms with Crippen LogP contribution in [-0.2, 0) is 13.0 Å². The third-order valence-corrected chi connectivity index (χ3v) is 17.0. The highest BCUT2D eigenvalue weighted by atomic mass is 79.9. The van der Waals surface area contributed by atoms with Crippen molar-refractivity contribution < 1.29 is 17.8 Å². The number of esters is 1. The second kappa shape index (κ2) is 11.5. The summed E-state index contributed by atoms with van der Waals surface area (Å²) in [4.78, 5) is 12.1. The first-order valence-corrected chi connectivity index (χ1v) is 21.3. The second-order valence-electron chi connectivity index (χ2n) is 8.93. The predicted octanol–water partition coefficient (Wildman–Crippen LogP) is 6.63. The molecule has 0 bridgehead atoms. The van der Waals surface area contributed by atoms with E-state index in [-0.39, 0.29) is 12.5 Å². The van der Waals surface area contributed by atoms with Gasteiger partial charge in [-0.15, -0.1) is 0 Å². The van der Waals surface area contributed by atoms with Gasteiger partial charge in [0.05, 0.1) is 6.54 Å². The average molecular weight is 650 g/mol. The standard InChI is InChI=1S/C18H32Br3NO4Si3/c1-27(2,3)25-29(6,7)26-28(4,5)10-8-9-22-13-17(23)24-14-11-15(19)18(21)16(20)12-14/h11-12,22H,8-10,13H2,1-7H3. The Labute approximate surface area is 203 Å². The van der Waals surface area contributed by atoms with E-state index in [1.807, 2.05) is 0 Å². The van der Waals surface area contributed by atoms with Crippen molar-refractivity contribution in [2.75, 3.05) is 13.1 Å². The van der Waals surface area contributed by atoms with E-state index in [1.165, 1.54) is 0 Å². The van der Waals surface area contributed by atoms with Crippen molar-refractivity contribution in [2.24, 2.45) is 0 Å². The van der Waals surface area contributed by atoms with Gasteiger partial charge >= 0.3 is 14.5 Å². The summed E-state index contributed by atoms with van der Waals surface area (Å²) >= 11 is 10.3. The topological polar surface area (TPSA) is 56.8 Å². The summed E-state index contributed by atoms with van der Waals surface area (Å²) in [6, 6.07) is 4.53. The fourth-order valence-electron chi connectivity index (χ4n) is 3.06. The maximum absolute atomic E-state index is 12.1. The number of rotatable bonds is 11. The molecule has 0 spiro atoms. The van der Waals surface area contributed by atoms with E-state index in [4.69, 9.17) is 13.0 Å². The largest absolute Gasteiger partial charge is 0.437 e. The molecule has 0 heterocycles. The van der Waals surface area contributed by atoms with Gasteiger partial charge in [0, 0.05) is 13.4 Å². The van der Waals surface area contributed by atoms with Gasteiger partial charge in [-0.2, -0.15) is 0 Å². The van der Waals surface area contributed by atoms with Crippen molar-refractivity contribution in [3.8, 4) is 5.75 Å². The molecule has 0 fully saturated rings. The van der Waals surface area contributed by atoms with Gasteiger partial charge in [-0.3, -0.25) is 4.79 Å². The lowest BCUT2D eigenvalue weighted by atomic mass is 10.3. The van der Waals surface area contributed by atoms with Crippen LogP contribution in [0.15, 0.2) is 25.6 Å². The molecule has 0 aromatic heterocycles. The minimum Gasteiger partial charge on any atom is -0.437 e. The van der Waals surface area contributed by atoms with Crippen molar-refractivity contribution in [3.63, 3.8) is 0 Å². The normalized spacial score (nSPS) is 12.9. The summed E-state index contributed by atoms with van der Waals surface area (Å²) in [5, 5.41) is 3.17. The fraction of sp³-hybridized carbons (Fsp3) is 0.611. The van der Waals surface area contributed by atoms with Crippen LogP contribution >= 0.6 is 47.8 Å². The Morgan fingerprint density at radius 3 is 2.03 bits per heavy atom. The van der Waals surface area contributed by atoms with Gasteiger partial charge in [-0.05, 0) is 125 Å². The molecule has 0 saturated carbocycles. The van der Waals surface area contributed by atoms with E-state index in [0.29, 0.717) is 5.75 Å². The van der Waals surface area contributed by atoms with Crippen molar-refractivity contribution >= 4 is 79.0 Å². The SMILES string of the molecule is C[Si](C)(C)O[Si](C)(C)O[Si](C)(C)CCCNCC(=O)Oc1cc(Br)c(Br)c(Br)c1. The molecule has 0 amide bonds. The van der Waals surface area contributed by atoms with Crippen LogP contribution in [0.5, 0.6) is 5.75 Å². The minimum atomic E-state index is -2.10. The Kier molecular flexibility index (Phi) is 11.0. The smallest absolute Gasteiger partial charge is 0.325 e. The molecule has 11 heteroatoms. The number of ether oxygens (including phenoxy) is 1. The Hall–Kier alpha value is 0.661. The molecule has 0 radical (unpaired) electrons. The number of carbonyl (C=O) groups is 1. The molecule has 0 saturated heterocycles. The van der Waals surface area contributed by atoms with Crippen molar-refractivity contribution in [1.29, 1.82) is 0 Å². The Bertz CT molecular complexity index is 689. The van der Waals surface area contributed by atoms with Gasteiger partial charge in [0.25, 0.3) is 0 Å². The maximum Gasteiger partial charge on any atom is 0.325 e. The second-order valence-corrected chi connectivity index (χ2v) is 24.1. The molecule has 0 unspecified atom stereocenters. The van der Waals surface area contributed by atoms with E-state index in [0.717, 1.165) is 32.4 Å². The van der Waals surface area contributed by atoms with Gasteiger partial charge < -0.3 is 18.3 Å². The predicted molar refractivity (Wildman–Crippen MR) is 138 cm³/mol. The number of nitrogens with one attached hydrogen (secondary N) is 1. The van der Waals surface area contributed by atoms with E-state index < -0.39 is 25.2 Å². The summed E-state index contributed by atoms with van der Waals surface area (Å²) in [5.41, 5.74) is 0. The van der Waals surface area contributed by atoms with Crippen molar-refractivity contribution in [2.45, 2.75) is 58.3 Å². The lowest BCUT2D eigenvalue weighted by Gasteiger charge is -2.37. The summed E-state index contributed by atoms with van der Waals surface area (Å²) in [6.07, 6.45) is 0.958. The molecular weight excluding hydrogens is 618 g/mol. The molecule has 0 atom stereocenters. The number of hydrogen-bond acceptors (Lipinski definition) is 5. The summed E-state index contributed by atoms with van der Waals surface area (Å²) in [6.45, 7) is 16.3. The van der Waals surface area contributed by atoms with Crippen LogP contribution in [0, 0.1) is 0 Å². The number of hydrogen-bond donors (Lipinski definition) is 1. The van der Waals surface area contributed by atoms with Crippen molar-refractivity contribution in [3.05, 3.63) is 25.6 Å². The molecular formula is C18H32Br3NO4Si3. The zero-order chi connectivity index (χ0) is 22.5. The number of halogens is 3.